The zero-order chi connectivity index (χ0) is 28.7. The van der Waals surface area contributed by atoms with Gasteiger partial charge in [-0.25, -0.2) is 4.98 Å². The van der Waals surface area contributed by atoms with Crippen molar-refractivity contribution in [2.24, 2.45) is 5.92 Å². The van der Waals surface area contributed by atoms with Crippen LogP contribution in [0.1, 0.15) is 69.7 Å². The van der Waals surface area contributed by atoms with Crippen LogP contribution in [0.2, 0.25) is 0 Å². The summed E-state index contributed by atoms with van der Waals surface area (Å²) in [7, 11) is 0. The van der Waals surface area contributed by atoms with Crippen LogP contribution >= 0.6 is 0 Å². The molecule has 2 aromatic heterocycles. The number of H-pyrrole nitrogens is 1. The molecule has 7 heteroatoms. The zero-order valence-corrected chi connectivity index (χ0v) is 23.8. The van der Waals surface area contributed by atoms with Gasteiger partial charge in [-0.3, -0.25) is 4.90 Å². The highest BCUT2D eigenvalue weighted by molar-refractivity contribution is 6.03. The normalized spacial score (nSPS) is 19.3. The van der Waals surface area contributed by atoms with E-state index in [1.165, 1.54) is 31.0 Å². The Labute approximate surface area is 238 Å². The lowest BCUT2D eigenvalue weighted by Gasteiger charge is -2.29. The van der Waals surface area contributed by atoms with Gasteiger partial charge in [0.2, 0.25) is 0 Å². The second kappa shape index (κ2) is 11.0. The highest BCUT2D eigenvalue weighted by Crippen LogP contribution is 2.42. The molecule has 2 unspecified atom stereocenters. The van der Waals surface area contributed by atoms with Crippen molar-refractivity contribution in [1.82, 2.24) is 14.9 Å². The molecule has 1 N–H and O–H groups in total. The van der Waals surface area contributed by atoms with Crippen LogP contribution in [0.5, 0.6) is 5.75 Å². The quantitative estimate of drug-likeness (QED) is 0.245. The zero-order valence-electron chi connectivity index (χ0n) is 23.8. The maximum atomic E-state index is 13.3. The molecule has 0 spiro atoms. The van der Waals surface area contributed by atoms with E-state index in [1.807, 2.05) is 30.3 Å². The molecule has 0 bridgehead atoms. The minimum absolute atomic E-state index is 0.0899. The lowest BCUT2D eigenvalue weighted by Crippen LogP contribution is -2.32. The molecule has 2 aromatic carbocycles. The van der Waals surface area contributed by atoms with E-state index < -0.39 is 6.36 Å². The molecule has 41 heavy (non-hydrogen) atoms. The summed E-state index contributed by atoms with van der Waals surface area (Å²) in [6.45, 7) is 8.50. The number of ether oxygens (including phenoxy) is 1. The Morgan fingerprint density at radius 1 is 1.15 bits per heavy atom. The fraction of sp³-hybridized carbons (Fsp3) is 0.382. The first-order valence-corrected chi connectivity index (χ1v) is 14.7. The first kappa shape index (κ1) is 27.6. The first-order chi connectivity index (χ1) is 19.8. The molecule has 1 fully saturated rings. The third kappa shape index (κ3) is 5.40. The predicted molar refractivity (Wildman–Crippen MR) is 160 cm³/mol. The van der Waals surface area contributed by atoms with Crippen molar-refractivity contribution < 1.29 is 17.9 Å². The molecule has 2 aliphatic rings. The molecule has 4 aromatic rings. The molecular formula is C34H36F3N3O. The van der Waals surface area contributed by atoms with Crippen LogP contribution in [-0.4, -0.2) is 40.4 Å². The summed E-state index contributed by atoms with van der Waals surface area (Å²) < 4.78 is 44.4. The van der Waals surface area contributed by atoms with E-state index in [2.05, 4.69) is 53.7 Å². The van der Waals surface area contributed by atoms with Crippen LogP contribution in [0, 0.1) is 5.92 Å². The van der Waals surface area contributed by atoms with Gasteiger partial charge in [0.1, 0.15) is 5.75 Å². The molecule has 2 aliphatic heterocycles. The minimum atomic E-state index is -4.77. The van der Waals surface area contributed by atoms with E-state index in [0.717, 1.165) is 63.8 Å². The largest absolute Gasteiger partial charge is 0.573 e. The summed E-state index contributed by atoms with van der Waals surface area (Å²) in [4.78, 5) is 11.2. The minimum Gasteiger partial charge on any atom is -0.406 e. The average molecular weight is 560 g/mol. The fourth-order valence-corrected chi connectivity index (χ4v) is 6.70. The number of allylic oxidation sites excluding steroid dienone is 2. The second-order valence-electron chi connectivity index (χ2n) is 11.3. The molecule has 6 rings (SSSR count). The summed E-state index contributed by atoms with van der Waals surface area (Å²) in [5.74, 6) is -0.115. The van der Waals surface area contributed by atoms with E-state index in [9.17, 15) is 13.2 Å². The number of nitrogens with zero attached hydrogens (tertiary/aromatic N) is 2. The molecule has 214 valence electrons. The van der Waals surface area contributed by atoms with Crippen LogP contribution in [0.3, 0.4) is 0 Å². The van der Waals surface area contributed by atoms with Gasteiger partial charge < -0.3 is 9.72 Å². The molecule has 2 atom stereocenters. The second-order valence-corrected chi connectivity index (χ2v) is 11.3. The summed E-state index contributed by atoms with van der Waals surface area (Å²) >= 11 is 0. The summed E-state index contributed by atoms with van der Waals surface area (Å²) in [5, 5.41) is 1.61. The third-order valence-corrected chi connectivity index (χ3v) is 8.85. The van der Waals surface area contributed by atoms with Crippen LogP contribution < -0.4 is 4.74 Å². The fourth-order valence-electron chi connectivity index (χ4n) is 6.70. The highest BCUT2D eigenvalue weighted by atomic mass is 19.4. The number of nitrogens with one attached hydrogen (secondary N) is 1. The van der Waals surface area contributed by atoms with E-state index in [1.54, 1.807) is 6.07 Å². The topological polar surface area (TPSA) is 41.1 Å². The van der Waals surface area contributed by atoms with Gasteiger partial charge in [0.25, 0.3) is 0 Å². The number of alkyl halides is 3. The van der Waals surface area contributed by atoms with Crippen molar-refractivity contribution >= 4 is 38.5 Å². The third-order valence-electron chi connectivity index (χ3n) is 8.85. The Bertz CT molecular complexity index is 1650. The number of hydrogen-bond acceptors (Lipinski definition) is 3. The Morgan fingerprint density at radius 3 is 2.76 bits per heavy atom. The number of hydrogen-bond donors (Lipinski definition) is 1. The van der Waals surface area contributed by atoms with Gasteiger partial charge in [-0.05, 0) is 102 Å². The summed E-state index contributed by atoms with van der Waals surface area (Å²) in [6.07, 6.45) is 4.71. The summed E-state index contributed by atoms with van der Waals surface area (Å²) in [5.41, 5.74) is 8.13. The highest BCUT2D eigenvalue weighted by Gasteiger charge is 2.32. The number of rotatable bonds is 7. The Morgan fingerprint density at radius 2 is 1.98 bits per heavy atom. The monoisotopic (exact) mass is 559 g/mol. The van der Waals surface area contributed by atoms with Gasteiger partial charge in [0.05, 0.1) is 16.7 Å². The molecule has 4 nitrogen and oxygen atoms in total. The number of benzene rings is 2. The number of halogens is 3. The van der Waals surface area contributed by atoms with Gasteiger partial charge in [0, 0.05) is 24.3 Å². The molecule has 0 radical (unpaired) electrons. The molecule has 0 aliphatic carbocycles. The van der Waals surface area contributed by atoms with Crippen LogP contribution in [0.4, 0.5) is 13.2 Å². The van der Waals surface area contributed by atoms with Crippen LogP contribution in [-0.2, 0) is 0 Å². The Hall–Kier alpha value is -3.58. The van der Waals surface area contributed by atoms with Gasteiger partial charge in [-0.1, -0.05) is 51.1 Å². The van der Waals surface area contributed by atoms with Gasteiger partial charge in [-0.2, -0.15) is 0 Å². The Kier molecular flexibility index (Phi) is 7.41. The van der Waals surface area contributed by atoms with E-state index in [4.69, 9.17) is 4.98 Å². The van der Waals surface area contributed by atoms with Gasteiger partial charge in [0.15, 0.2) is 0 Å². The maximum Gasteiger partial charge on any atom is 0.573 e. The van der Waals surface area contributed by atoms with Crippen molar-refractivity contribution in [2.45, 2.75) is 65.3 Å². The smallest absolute Gasteiger partial charge is 0.406 e. The van der Waals surface area contributed by atoms with Crippen molar-refractivity contribution in [3.63, 3.8) is 0 Å². The molecular weight excluding hydrogens is 523 g/mol. The summed E-state index contributed by atoms with van der Waals surface area (Å²) in [6, 6.07) is 15.3. The van der Waals surface area contributed by atoms with Crippen molar-refractivity contribution in [3.05, 3.63) is 77.6 Å². The number of aromatic amines is 1. The van der Waals surface area contributed by atoms with E-state index in [-0.39, 0.29) is 11.7 Å². The lowest BCUT2D eigenvalue weighted by atomic mass is 9.83. The molecule has 4 heterocycles. The first-order valence-electron chi connectivity index (χ1n) is 14.7. The standard InChI is InChI=1S/C34H36F3N3O/c1-4-21(3)32(28-19-25(41-34(35,36)37)18-22-9-6-7-11-27(22)28)26(5-2)30-12-13-31-33(39-30)29(20-38-31)23-14-16-40-15-8-10-24(40)17-23/h6-7,9,11-14,18-21,24,38H,4-5,8,10,15-17H2,1-3H3. The van der Waals surface area contributed by atoms with Crippen molar-refractivity contribution in [3.8, 4) is 5.75 Å². The maximum absolute atomic E-state index is 13.3. The van der Waals surface area contributed by atoms with Crippen molar-refractivity contribution in [1.29, 1.82) is 0 Å². The van der Waals surface area contributed by atoms with E-state index >= 15 is 0 Å². The van der Waals surface area contributed by atoms with Gasteiger partial charge in [-0.15, -0.1) is 13.2 Å². The SMILES string of the molecule is CCC(=C(c1cc(OC(F)(F)F)cc2ccccc12)C(C)CC)c1ccc2[nH]cc(C3=CCN4CCCC4C3)c2n1. The lowest BCUT2D eigenvalue weighted by molar-refractivity contribution is -0.274. The number of fused-ring (bicyclic) bond motifs is 3. The molecule has 0 saturated carbocycles. The number of aromatic nitrogens is 2. The van der Waals surface area contributed by atoms with E-state index in [0.29, 0.717) is 17.8 Å². The van der Waals surface area contributed by atoms with Gasteiger partial charge >= 0.3 is 6.36 Å². The molecule has 0 amide bonds. The number of pyridine rings is 1. The Balaban J connectivity index is 1.52. The van der Waals surface area contributed by atoms with Crippen molar-refractivity contribution in [2.75, 3.05) is 13.1 Å². The molecule has 1 saturated heterocycles. The van der Waals surface area contributed by atoms with Crippen LogP contribution in [0.25, 0.3) is 38.5 Å². The average Bonchev–Trinajstić information content (AvgIpc) is 3.60. The van der Waals surface area contributed by atoms with Crippen LogP contribution in [0.15, 0.2) is 60.8 Å². The predicted octanol–water partition coefficient (Wildman–Crippen LogP) is 9.23.